The lowest BCUT2D eigenvalue weighted by atomic mass is 10.2. The molecule has 25 heavy (non-hydrogen) atoms. The Hall–Kier alpha value is -3.34. The third kappa shape index (κ3) is 4.14. The van der Waals surface area contributed by atoms with Gasteiger partial charge in [-0.05, 0) is 18.2 Å². The van der Waals surface area contributed by atoms with Gasteiger partial charge in [0.1, 0.15) is 11.4 Å². The van der Waals surface area contributed by atoms with Crippen LogP contribution in [0.4, 0.5) is 13.2 Å². The van der Waals surface area contributed by atoms with Gasteiger partial charge in [0.15, 0.2) is 0 Å². The number of alkyl halides is 3. The van der Waals surface area contributed by atoms with E-state index in [1.807, 2.05) is 6.07 Å². The van der Waals surface area contributed by atoms with Gasteiger partial charge in [-0.15, -0.1) is 13.2 Å². The van der Waals surface area contributed by atoms with E-state index in [-0.39, 0.29) is 12.3 Å². The Morgan fingerprint density at radius 3 is 2.68 bits per heavy atom. The molecule has 0 fully saturated rings. The van der Waals surface area contributed by atoms with Crippen molar-refractivity contribution in [1.82, 2.24) is 14.5 Å². The third-order valence-electron chi connectivity index (χ3n) is 3.34. The fraction of sp³-hybridized carbons (Fsp3) is 0.118. The molecule has 0 N–H and O–H groups in total. The number of pyridine rings is 1. The number of hydrogen-bond acceptors (Lipinski definition) is 4. The molecule has 2 heterocycles. The van der Waals surface area contributed by atoms with Gasteiger partial charge in [-0.1, -0.05) is 18.2 Å². The second-order valence-electron chi connectivity index (χ2n) is 5.13. The molecule has 2 aromatic heterocycles. The minimum absolute atomic E-state index is 0.150. The first kappa shape index (κ1) is 16.5. The van der Waals surface area contributed by atoms with Crippen molar-refractivity contribution in [3.05, 3.63) is 66.2 Å². The molecule has 1 aromatic carbocycles. The number of benzene rings is 1. The van der Waals surface area contributed by atoms with Crippen molar-refractivity contribution in [2.45, 2.75) is 12.9 Å². The normalized spacial score (nSPS) is 11.1. The van der Waals surface area contributed by atoms with Gasteiger partial charge in [0.25, 0.3) is 0 Å². The summed E-state index contributed by atoms with van der Waals surface area (Å²) in [6.07, 6.45) is -0.120. The Balaban J connectivity index is 1.84. The van der Waals surface area contributed by atoms with Gasteiger partial charge >= 0.3 is 6.36 Å². The number of para-hydroxylation sites is 1. The summed E-state index contributed by atoms with van der Waals surface area (Å²) in [6.45, 7) is 0.150. The molecule has 3 rings (SSSR count). The number of rotatable bonds is 4. The molecule has 3 aromatic rings. The lowest BCUT2D eigenvalue weighted by molar-refractivity contribution is -0.274. The largest absolute Gasteiger partial charge is 0.573 e. The van der Waals surface area contributed by atoms with Crippen LogP contribution in [0.3, 0.4) is 0 Å². The summed E-state index contributed by atoms with van der Waals surface area (Å²) in [5.74, 6) is -0.255. The first-order chi connectivity index (χ1) is 11.9. The van der Waals surface area contributed by atoms with Crippen molar-refractivity contribution in [3.8, 4) is 23.2 Å². The molecule has 0 amide bonds. The van der Waals surface area contributed by atoms with Gasteiger partial charge in [0.05, 0.1) is 30.2 Å². The summed E-state index contributed by atoms with van der Waals surface area (Å²) in [4.78, 5) is 8.33. The Bertz CT molecular complexity index is 928. The number of halogens is 3. The topological polar surface area (TPSA) is 63.7 Å². The highest BCUT2D eigenvalue weighted by atomic mass is 19.4. The van der Waals surface area contributed by atoms with Gasteiger partial charge in [0.2, 0.25) is 0 Å². The van der Waals surface area contributed by atoms with E-state index in [2.05, 4.69) is 14.7 Å². The highest BCUT2D eigenvalue weighted by Crippen LogP contribution is 2.27. The SMILES string of the molecule is N#Cc1ccnc(-c2cn(Cc3ccccc3OC(F)(F)F)cn2)c1. The first-order valence-electron chi connectivity index (χ1n) is 7.16. The molecule has 8 heteroatoms. The Labute approximate surface area is 141 Å². The molecular formula is C17H11F3N4O. The quantitative estimate of drug-likeness (QED) is 0.723. The van der Waals surface area contributed by atoms with E-state index in [0.29, 0.717) is 22.5 Å². The smallest absolute Gasteiger partial charge is 0.405 e. The monoisotopic (exact) mass is 344 g/mol. The maximum Gasteiger partial charge on any atom is 0.573 e. The standard InChI is InChI=1S/C17H11F3N4O/c18-17(19,20)25-16-4-2-1-3-13(16)9-24-10-15(23-11-24)14-7-12(8-21)5-6-22-14/h1-7,10-11H,9H2. The van der Waals surface area contributed by atoms with Crippen molar-refractivity contribution in [2.75, 3.05) is 0 Å². The van der Waals surface area contributed by atoms with Crippen LogP contribution in [0.5, 0.6) is 5.75 Å². The molecule has 0 saturated carbocycles. The number of ether oxygens (including phenoxy) is 1. The summed E-state index contributed by atoms with van der Waals surface area (Å²) in [5, 5.41) is 8.92. The number of nitrogens with zero attached hydrogens (tertiary/aromatic N) is 4. The Kier molecular flexibility index (Phi) is 4.39. The maximum atomic E-state index is 12.5. The summed E-state index contributed by atoms with van der Waals surface area (Å²) < 4.78 is 43.1. The van der Waals surface area contributed by atoms with Crippen LogP contribution < -0.4 is 4.74 Å². The van der Waals surface area contributed by atoms with Gasteiger partial charge in [0, 0.05) is 18.0 Å². The zero-order chi connectivity index (χ0) is 17.9. The van der Waals surface area contributed by atoms with E-state index in [0.717, 1.165) is 0 Å². The molecule has 0 spiro atoms. The van der Waals surface area contributed by atoms with Crippen LogP contribution in [0.15, 0.2) is 55.1 Å². The third-order valence-corrected chi connectivity index (χ3v) is 3.34. The second kappa shape index (κ2) is 6.65. The molecule has 0 aliphatic rings. The van der Waals surface area contributed by atoms with Crippen LogP contribution in [0.1, 0.15) is 11.1 Å². The van der Waals surface area contributed by atoms with Crippen LogP contribution in [-0.2, 0) is 6.54 Å². The van der Waals surface area contributed by atoms with E-state index in [1.54, 1.807) is 35.0 Å². The predicted octanol–water partition coefficient (Wildman–Crippen LogP) is 3.76. The molecule has 0 aliphatic carbocycles. The molecule has 0 saturated heterocycles. The van der Waals surface area contributed by atoms with Crippen molar-refractivity contribution >= 4 is 0 Å². The Morgan fingerprint density at radius 2 is 1.92 bits per heavy atom. The van der Waals surface area contributed by atoms with Crippen LogP contribution in [-0.4, -0.2) is 20.9 Å². The summed E-state index contributed by atoms with van der Waals surface area (Å²) >= 11 is 0. The highest BCUT2D eigenvalue weighted by Gasteiger charge is 2.31. The van der Waals surface area contributed by atoms with E-state index < -0.39 is 6.36 Å². The van der Waals surface area contributed by atoms with Crippen molar-refractivity contribution in [2.24, 2.45) is 0 Å². The van der Waals surface area contributed by atoms with Crippen molar-refractivity contribution in [3.63, 3.8) is 0 Å². The van der Waals surface area contributed by atoms with Gasteiger partial charge in [-0.25, -0.2) is 4.98 Å². The number of imidazole rings is 1. The van der Waals surface area contributed by atoms with Gasteiger partial charge in [-0.3, -0.25) is 4.98 Å². The van der Waals surface area contributed by atoms with Gasteiger partial charge in [-0.2, -0.15) is 5.26 Å². The van der Waals surface area contributed by atoms with Crippen LogP contribution in [0.25, 0.3) is 11.4 Å². The van der Waals surface area contributed by atoms with Crippen LogP contribution >= 0.6 is 0 Å². The molecule has 0 aliphatic heterocycles. The van der Waals surface area contributed by atoms with Gasteiger partial charge < -0.3 is 9.30 Å². The fourth-order valence-corrected chi connectivity index (χ4v) is 2.27. The number of nitriles is 1. The zero-order valence-electron chi connectivity index (χ0n) is 12.7. The zero-order valence-corrected chi connectivity index (χ0v) is 12.7. The second-order valence-corrected chi connectivity index (χ2v) is 5.13. The molecule has 0 radical (unpaired) electrons. The lowest BCUT2D eigenvalue weighted by Crippen LogP contribution is -2.18. The molecule has 126 valence electrons. The summed E-state index contributed by atoms with van der Waals surface area (Å²) in [5.41, 5.74) is 1.84. The average molecular weight is 344 g/mol. The van der Waals surface area contributed by atoms with Crippen molar-refractivity contribution < 1.29 is 17.9 Å². The number of aromatic nitrogens is 3. The average Bonchev–Trinajstić information content (AvgIpc) is 3.04. The minimum Gasteiger partial charge on any atom is -0.405 e. The summed E-state index contributed by atoms with van der Waals surface area (Å²) in [7, 11) is 0. The Morgan fingerprint density at radius 1 is 1.12 bits per heavy atom. The molecule has 5 nitrogen and oxygen atoms in total. The van der Waals surface area contributed by atoms with Crippen LogP contribution in [0.2, 0.25) is 0 Å². The van der Waals surface area contributed by atoms with Crippen molar-refractivity contribution in [1.29, 1.82) is 5.26 Å². The van der Waals surface area contributed by atoms with E-state index in [1.165, 1.54) is 24.7 Å². The molecule has 0 atom stereocenters. The first-order valence-corrected chi connectivity index (χ1v) is 7.16. The van der Waals surface area contributed by atoms with Crippen LogP contribution in [0, 0.1) is 11.3 Å². The minimum atomic E-state index is -4.75. The lowest BCUT2D eigenvalue weighted by Gasteiger charge is -2.13. The molecule has 0 unspecified atom stereocenters. The summed E-state index contributed by atoms with van der Waals surface area (Å²) in [6, 6.07) is 11.1. The van der Waals surface area contributed by atoms with E-state index >= 15 is 0 Å². The fourth-order valence-electron chi connectivity index (χ4n) is 2.27. The maximum absolute atomic E-state index is 12.5. The van der Waals surface area contributed by atoms with E-state index in [9.17, 15) is 13.2 Å². The predicted molar refractivity (Wildman–Crippen MR) is 82.4 cm³/mol. The number of hydrogen-bond donors (Lipinski definition) is 0. The molecular weight excluding hydrogens is 333 g/mol. The highest BCUT2D eigenvalue weighted by molar-refractivity contribution is 5.55. The van der Waals surface area contributed by atoms with E-state index in [4.69, 9.17) is 5.26 Å². The molecule has 0 bridgehead atoms.